The largest absolute Gasteiger partial charge is 0.295 e. The predicted molar refractivity (Wildman–Crippen MR) is 73.3 cm³/mol. The summed E-state index contributed by atoms with van der Waals surface area (Å²) in [4.78, 5) is 27.6. The summed E-state index contributed by atoms with van der Waals surface area (Å²) >= 11 is 1.07. The van der Waals surface area contributed by atoms with E-state index in [0.29, 0.717) is 10.1 Å². The highest BCUT2D eigenvalue weighted by Gasteiger charge is 2.08. The number of halogens is 1. The first-order valence-corrected chi connectivity index (χ1v) is 6.54. The minimum Gasteiger partial charge on any atom is -0.266 e. The van der Waals surface area contributed by atoms with Crippen LogP contribution in [0.3, 0.4) is 0 Å². The van der Waals surface area contributed by atoms with Crippen molar-refractivity contribution in [3.63, 3.8) is 0 Å². The van der Waals surface area contributed by atoms with Crippen LogP contribution in [0.5, 0.6) is 0 Å². The average Bonchev–Trinajstić information content (AvgIpc) is 2.70. The molecule has 0 aliphatic rings. The number of benzene rings is 1. The van der Waals surface area contributed by atoms with E-state index in [-0.39, 0.29) is 22.0 Å². The van der Waals surface area contributed by atoms with Crippen LogP contribution in [0.4, 0.5) is 4.39 Å². The number of thiazole rings is 1. The smallest absolute Gasteiger partial charge is 0.266 e. The minimum absolute atomic E-state index is 0.172. The third-order valence-corrected chi connectivity index (χ3v) is 3.67. The molecule has 7 heteroatoms. The maximum absolute atomic E-state index is 12.8. The molecule has 0 bridgehead atoms. The molecule has 0 saturated carbocycles. The van der Waals surface area contributed by atoms with Crippen LogP contribution in [0.1, 0.15) is 11.3 Å². The second kappa shape index (κ2) is 4.61. The Labute approximate surface area is 115 Å². The molecule has 5 nitrogen and oxygen atoms in total. The van der Waals surface area contributed by atoms with Gasteiger partial charge in [0.1, 0.15) is 11.5 Å². The van der Waals surface area contributed by atoms with Gasteiger partial charge in [-0.25, -0.2) is 4.39 Å². The standard InChI is InChI=1S/C13H8FN3O2S/c1-7-11(18)15-13-17(16-7)12(19)10(20-13)6-8-2-4-9(14)5-3-8/h2-6H,1H3/b10-6+. The second-order valence-electron chi connectivity index (χ2n) is 4.16. The van der Waals surface area contributed by atoms with Crippen LogP contribution in [-0.4, -0.2) is 14.6 Å². The number of fused-ring (bicyclic) bond motifs is 1. The molecule has 0 spiro atoms. The molecule has 0 amide bonds. The summed E-state index contributed by atoms with van der Waals surface area (Å²) in [6.45, 7) is 1.50. The minimum atomic E-state index is -0.445. The Bertz CT molecular complexity index is 960. The van der Waals surface area contributed by atoms with Crippen molar-refractivity contribution in [3.8, 4) is 0 Å². The zero-order chi connectivity index (χ0) is 14.3. The highest BCUT2D eigenvalue weighted by atomic mass is 32.1. The number of hydrogen-bond donors (Lipinski definition) is 0. The van der Waals surface area contributed by atoms with Gasteiger partial charge in [0.2, 0.25) is 4.96 Å². The Hall–Kier alpha value is -2.41. The fourth-order valence-corrected chi connectivity index (χ4v) is 2.60. The van der Waals surface area contributed by atoms with Crippen molar-refractivity contribution in [1.29, 1.82) is 0 Å². The van der Waals surface area contributed by atoms with E-state index in [0.717, 1.165) is 15.9 Å². The third kappa shape index (κ3) is 2.12. The van der Waals surface area contributed by atoms with Crippen molar-refractivity contribution in [2.75, 3.05) is 0 Å². The number of rotatable bonds is 1. The van der Waals surface area contributed by atoms with Gasteiger partial charge in [0, 0.05) is 0 Å². The van der Waals surface area contributed by atoms with Gasteiger partial charge < -0.3 is 0 Å². The molecule has 100 valence electrons. The molecule has 0 N–H and O–H groups in total. The average molecular weight is 289 g/mol. The van der Waals surface area contributed by atoms with E-state index in [9.17, 15) is 14.0 Å². The third-order valence-electron chi connectivity index (χ3n) is 2.71. The molecule has 0 aliphatic carbocycles. The summed E-state index contributed by atoms with van der Waals surface area (Å²) in [7, 11) is 0. The fraction of sp³-hybridized carbons (Fsp3) is 0.0769. The Morgan fingerprint density at radius 1 is 1.25 bits per heavy atom. The molecule has 20 heavy (non-hydrogen) atoms. The summed E-state index contributed by atoms with van der Waals surface area (Å²) in [5, 5.41) is 3.91. The maximum atomic E-state index is 12.8. The molecular weight excluding hydrogens is 281 g/mol. The van der Waals surface area contributed by atoms with E-state index in [1.54, 1.807) is 18.2 Å². The first-order chi connectivity index (χ1) is 9.54. The molecule has 0 radical (unpaired) electrons. The van der Waals surface area contributed by atoms with Gasteiger partial charge >= 0.3 is 0 Å². The van der Waals surface area contributed by atoms with Gasteiger partial charge in [0.05, 0.1) is 4.53 Å². The Balaban J connectivity index is 2.27. The van der Waals surface area contributed by atoms with Gasteiger partial charge in [-0.15, -0.1) is 0 Å². The van der Waals surface area contributed by atoms with Crippen LogP contribution in [-0.2, 0) is 0 Å². The fourth-order valence-electron chi connectivity index (χ4n) is 1.70. The Kier molecular flexibility index (Phi) is 2.90. The number of hydrogen-bond acceptors (Lipinski definition) is 5. The van der Waals surface area contributed by atoms with Crippen molar-refractivity contribution in [2.45, 2.75) is 6.92 Å². The zero-order valence-corrected chi connectivity index (χ0v) is 11.1. The van der Waals surface area contributed by atoms with Crippen LogP contribution in [0, 0.1) is 12.7 Å². The van der Waals surface area contributed by atoms with E-state index in [4.69, 9.17) is 0 Å². The van der Waals surface area contributed by atoms with Crippen LogP contribution in [0.25, 0.3) is 11.0 Å². The van der Waals surface area contributed by atoms with Crippen molar-refractivity contribution < 1.29 is 4.39 Å². The summed E-state index contributed by atoms with van der Waals surface area (Å²) in [6, 6.07) is 5.75. The number of aryl methyl sites for hydroxylation is 1. The van der Waals surface area contributed by atoms with Gasteiger partial charge in [-0.3, -0.25) is 9.59 Å². The lowest BCUT2D eigenvalue weighted by Crippen LogP contribution is -2.27. The molecule has 3 rings (SSSR count). The van der Waals surface area contributed by atoms with Gasteiger partial charge in [-0.1, -0.05) is 23.5 Å². The van der Waals surface area contributed by atoms with Gasteiger partial charge in [0.25, 0.3) is 11.1 Å². The quantitative estimate of drug-likeness (QED) is 0.654. The summed E-state index contributed by atoms with van der Waals surface area (Å²) < 4.78 is 14.3. The molecule has 0 unspecified atom stereocenters. The molecule has 0 atom stereocenters. The second-order valence-corrected chi connectivity index (χ2v) is 5.17. The predicted octanol–water partition coefficient (Wildman–Crippen LogP) is 0.506. The number of aromatic nitrogens is 3. The van der Waals surface area contributed by atoms with E-state index in [1.807, 2.05) is 0 Å². The zero-order valence-electron chi connectivity index (χ0n) is 10.3. The van der Waals surface area contributed by atoms with E-state index >= 15 is 0 Å². The lowest BCUT2D eigenvalue weighted by atomic mass is 10.2. The topological polar surface area (TPSA) is 64.3 Å². The van der Waals surface area contributed by atoms with Crippen molar-refractivity contribution in [2.24, 2.45) is 0 Å². The highest BCUT2D eigenvalue weighted by molar-refractivity contribution is 7.15. The van der Waals surface area contributed by atoms with Crippen molar-refractivity contribution >= 4 is 22.4 Å². The maximum Gasteiger partial charge on any atom is 0.295 e. The lowest BCUT2D eigenvalue weighted by Gasteiger charge is -1.90. The summed E-state index contributed by atoms with van der Waals surface area (Å²) in [5.74, 6) is -0.342. The molecule has 3 aromatic rings. The normalized spacial score (nSPS) is 12.2. The molecule has 1 aromatic carbocycles. The van der Waals surface area contributed by atoms with Crippen LogP contribution < -0.4 is 15.7 Å². The molecule has 0 aliphatic heterocycles. The lowest BCUT2D eigenvalue weighted by molar-refractivity contribution is 0.628. The van der Waals surface area contributed by atoms with Crippen molar-refractivity contribution in [3.05, 3.63) is 66.6 Å². The first-order valence-electron chi connectivity index (χ1n) is 5.72. The molecule has 2 aromatic heterocycles. The van der Waals surface area contributed by atoms with Gasteiger partial charge in [0.15, 0.2) is 0 Å². The summed E-state index contributed by atoms with van der Waals surface area (Å²) in [5.41, 5.74) is 0.0740. The van der Waals surface area contributed by atoms with E-state index < -0.39 is 5.56 Å². The first kappa shape index (κ1) is 12.6. The summed E-state index contributed by atoms with van der Waals surface area (Å²) in [6.07, 6.45) is 1.61. The molecule has 0 saturated heterocycles. The Morgan fingerprint density at radius 3 is 2.65 bits per heavy atom. The number of nitrogens with zero attached hydrogens (tertiary/aromatic N) is 3. The van der Waals surface area contributed by atoms with Crippen LogP contribution in [0.2, 0.25) is 0 Å². The van der Waals surface area contributed by atoms with E-state index in [1.165, 1.54) is 19.1 Å². The Morgan fingerprint density at radius 2 is 1.95 bits per heavy atom. The van der Waals surface area contributed by atoms with E-state index in [2.05, 4.69) is 10.1 Å². The SMILES string of the molecule is Cc1nn2c(=O)/c(=C\c3ccc(F)cc3)sc2nc1=O. The van der Waals surface area contributed by atoms with Gasteiger partial charge in [-0.05, 0) is 30.7 Å². The van der Waals surface area contributed by atoms with Crippen LogP contribution in [0.15, 0.2) is 33.9 Å². The molecule has 2 heterocycles. The monoisotopic (exact) mass is 289 g/mol. The van der Waals surface area contributed by atoms with Crippen molar-refractivity contribution in [1.82, 2.24) is 14.6 Å². The molecule has 0 fully saturated rings. The molecular formula is C13H8FN3O2S. The van der Waals surface area contributed by atoms with Crippen LogP contribution >= 0.6 is 11.3 Å². The van der Waals surface area contributed by atoms with Gasteiger partial charge in [-0.2, -0.15) is 14.6 Å². The highest BCUT2D eigenvalue weighted by Crippen LogP contribution is 2.04.